The molecular weight excluding hydrogens is 173 g/mol. The van der Waals surface area contributed by atoms with Gasteiger partial charge in [0, 0.05) is 13.2 Å². The molecular formula is C6H5F3N2O. The zero-order chi connectivity index (χ0) is 9.35. The molecule has 1 aromatic heterocycles. The minimum absolute atomic E-state index is 0.440. The summed E-state index contributed by atoms with van der Waals surface area (Å²) < 4.78 is 36.4. The van der Waals surface area contributed by atoms with E-state index in [4.69, 9.17) is 0 Å². The summed E-state index contributed by atoms with van der Waals surface area (Å²) in [7, 11) is 1.44. The van der Waals surface area contributed by atoms with Crippen LogP contribution in [0.4, 0.5) is 13.2 Å². The topological polar surface area (TPSA) is 34.9 Å². The van der Waals surface area contributed by atoms with Crippen LogP contribution in [0.25, 0.3) is 0 Å². The molecule has 0 saturated carbocycles. The van der Waals surface area contributed by atoms with Crippen molar-refractivity contribution in [1.29, 1.82) is 0 Å². The fraction of sp³-hybridized carbons (Fsp3) is 0.333. The number of aromatic nitrogens is 2. The van der Waals surface area contributed by atoms with Crippen LogP contribution in [0.2, 0.25) is 0 Å². The summed E-state index contributed by atoms with van der Waals surface area (Å²) in [5.74, 6) is -1.87. The van der Waals surface area contributed by atoms with E-state index >= 15 is 0 Å². The number of nitrogens with zero attached hydrogens (tertiary/aromatic N) is 2. The number of hydrogen-bond donors (Lipinski definition) is 0. The molecule has 0 bridgehead atoms. The van der Waals surface area contributed by atoms with E-state index in [0.717, 1.165) is 17.1 Å². The van der Waals surface area contributed by atoms with Crippen molar-refractivity contribution >= 4 is 5.78 Å². The summed E-state index contributed by atoms with van der Waals surface area (Å²) in [4.78, 5) is 10.5. The highest BCUT2D eigenvalue weighted by atomic mass is 19.4. The molecule has 1 rings (SSSR count). The quantitative estimate of drug-likeness (QED) is 0.605. The van der Waals surface area contributed by atoms with Crippen molar-refractivity contribution in [3.05, 3.63) is 18.0 Å². The molecule has 0 radical (unpaired) electrons. The summed E-state index contributed by atoms with van der Waals surface area (Å²) in [6.45, 7) is 0. The summed E-state index contributed by atoms with van der Waals surface area (Å²) in [5.41, 5.74) is -0.440. The Morgan fingerprint density at radius 2 is 2.17 bits per heavy atom. The van der Waals surface area contributed by atoms with E-state index in [1.807, 2.05) is 0 Å². The molecule has 66 valence electrons. The number of aryl methyl sites for hydroxylation is 1. The highest BCUT2D eigenvalue weighted by molar-refractivity contribution is 5.99. The van der Waals surface area contributed by atoms with Crippen LogP contribution in [-0.2, 0) is 7.05 Å². The predicted octanol–water partition coefficient (Wildman–Crippen LogP) is 1.17. The van der Waals surface area contributed by atoms with Crippen molar-refractivity contribution < 1.29 is 18.0 Å². The van der Waals surface area contributed by atoms with Gasteiger partial charge in [0.2, 0.25) is 0 Å². The molecule has 6 heteroatoms. The fourth-order valence-electron chi connectivity index (χ4n) is 0.702. The molecule has 0 spiro atoms. The molecule has 0 aliphatic carbocycles. The average Bonchev–Trinajstić information content (AvgIpc) is 2.32. The van der Waals surface area contributed by atoms with Gasteiger partial charge in [-0.25, -0.2) is 0 Å². The number of alkyl halides is 3. The third-order valence-electron chi connectivity index (χ3n) is 1.22. The highest BCUT2D eigenvalue weighted by Crippen LogP contribution is 2.20. The molecule has 0 aliphatic rings. The number of ketones is 1. The van der Waals surface area contributed by atoms with Crippen LogP contribution in [0, 0.1) is 0 Å². The van der Waals surface area contributed by atoms with Crippen molar-refractivity contribution in [1.82, 2.24) is 9.78 Å². The average molecular weight is 178 g/mol. The maximum absolute atomic E-state index is 11.8. The maximum Gasteiger partial charge on any atom is 0.454 e. The summed E-state index contributed by atoms with van der Waals surface area (Å²) >= 11 is 0. The monoisotopic (exact) mass is 178 g/mol. The van der Waals surface area contributed by atoms with Crippen LogP contribution in [0.3, 0.4) is 0 Å². The molecule has 0 amide bonds. The maximum atomic E-state index is 11.8. The number of Topliss-reactive ketones (excluding diaryl/α,β-unsaturated/α-hetero) is 1. The van der Waals surface area contributed by atoms with Gasteiger partial charge in [-0.1, -0.05) is 0 Å². The van der Waals surface area contributed by atoms with Gasteiger partial charge in [0.25, 0.3) is 5.78 Å². The highest BCUT2D eigenvalue weighted by Gasteiger charge is 2.39. The number of rotatable bonds is 1. The minimum atomic E-state index is -4.82. The van der Waals surface area contributed by atoms with Crippen molar-refractivity contribution in [2.24, 2.45) is 7.05 Å². The second-order valence-corrected chi connectivity index (χ2v) is 2.23. The van der Waals surface area contributed by atoms with Crippen LogP contribution >= 0.6 is 0 Å². The fourth-order valence-corrected chi connectivity index (χ4v) is 0.702. The molecule has 0 N–H and O–H groups in total. The second-order valence-electron chi connectivity index (χ2n) is 2.23. The SMILES string of the molecule is Cn1cc(C(=O)C(F)(F)F)cn1. The first-order valence-electron chi connectivity index (χ1n) is 3.01. The van der Waals surface area contributed by atoms with Gasteiger partial charge in [-0.2, -0.15) is 18.3 Å². The molecule has 0 saturated heterocycles. The molecule has 1 heterocycles. The Morgan fingerprint density at radius 1 is 1.58 bits per heavy atom. The molecule has 0 aliphatic heterocycles. The van der Waals surface area contributed by atoms with Crippen LogP contribution in [0.15, 0.2) is 12.4 Å². The zero-order valence-electron chi connectivity index (χ0n) is 6.09. The Morgan fingerprint density at radius 3 is 2.50 bits per heavy atom. The van der Waals surface area contributed by atoms with E-state index in [1.165, 1.54) is 7.05 Å². The van der Waals surface area contributed by atoms with Gasteiger partial charge in [-0.3, -0.25) is 9.48 Å². The molecule has 1 aromatic rings. The van der Waals surface area contributed by atoms with Crippen molar-refractivity contribution in [2.75, 3.05) is 0 Å². The first-order chi connectivity index (χ1) is 5.41. The van der Waals surface area contributed by atoms with Gasteiger partial charge in [0.05, 0.1) is 11.8 Å². The minimum Gasteiger partial charge on any atom is -0.284 e. The van der Waals surface area contributed by atoms with Crippen molar-refractivity contribution in [3.63, 3.8) is 0 Å². The van der Waals surface area contributed by atoms with Crippen LogP contribution in [0.1, 0.15) is 10.4 Å². The van der Waals surface area contributed by atoms with Gasteiger partial charge in [0.15, 0.2) is 0 Å². The lowest BCUT2D eigenvalue weighted by Crippen LogP contribution is -2.22. The van der Waals surface area contributed by atoms with Crippen molar-refractivity contribution in [2.45, 2.75) is 6.18 Å². The largest absolute Gasteiger partial charge is 0.454 e. The molecule has 3 nitrogen and oxygen atoms in total. The van der Waals surface area contributed by atoms with Crippen LogP contribution in [0.5, 0.6) is 0 Å². The van der Waals surface area contributed by atoms with E-state index in [-0.39, 0.29) is 0 Å². The van der Waals surface area contributed by atoms with Gasteiger partial charge < -0.3 is 0 Å². The first kappa shape index (κ1) is 8.76. The molecule has 0 fully saturated rings. The molecule has 12 heavy (non-hydrogen) atoms. The van der Waals surface area contributed by atoms with Gasteiger partial charge in [0.1, 0.15) is 0 Å². The Labute approximate surface area is 65.8 Å². The number of carbonyl (C=O) groups excluding carboxylic acids is 1. The van der Waals surface area contributed by atoms with E-state index in [1.54, 1.807) is 0 Å². The van der Waals surface area contributed by atoms with E-state index in [9.17, 15) is 18.0 Å². The van der Waals surface area contributed by atoms with E-state index in [2.05, 4.69) is 5.10 Å². The first-order valence-corrected chi connectivity index (χ1v) is 3.01. The number of carbonyl (C=O) groups is 1. The Balaban J connectivity index is 2.93. The third kappa shape index (κ3) is 1.63. The summed E-state index contributed by atoms with van der Waals surface area (Å²) in [6.07, 6.45) is -2.91. The third-order valence-corrected chi connectivity index (χ3v) is 1.22. The lowest BCUT2D eigenvalue weighted by atomic mass is 10.2. The Hall–Kier alpha value is -1.33. The lowest BCUT2D eigenvalue weighted by molar-refractivity contribution is -0.0885. The van der Waals surface area contributed by atoms with Crippen LogP contribution < -0.4 is 0 Å². The van der Waals surface area contributed by atoms with Crippen LogP contribution in [-0.4, -0.2) is 21.7 Å². The van der Waals surface area contributed by atoms with Gasteiger partial charge in [-0.05, 0) is 0 Å². The van der Waals surface area contributed by atoms with Gasteiger partial charge in [-0.15, -0.1) is 0 Å². The second kappa shape index (κ2) is 2.62. The van der Waals surface area contributed by atoms with Crippen molar-refractivity contribution in [3.8, 4) is 0 Å². The number of halogens is 3. The lowest BCUT2D eigenvalue weighted by Gasteiger charge is -2.00. The number of hydrogen-bond acceptors (Lipinski definition) is 2. The normalized spacial score (nSPS) is 11.7. The zero-order valence-corrected chi connectivity index (χ0v) is 6.09. The smallest absolute Gasteiger partial charge is 0.284 e. The van der Waals surface area contributed by atoms with E-state index in [0.29, 0.717) is 0 Å². The molecule has 0 unspecified atom stereocenters. The summed E-state index contributed by atoms with van der Waals surface area (Å²) in [6, 6.07) is 0. The summed E-state index contributed by atoms with van der Waals surface area (Å²) in [5, 5.41) is 3.45. The van der Waals surface area contributed by atoms with E-state index < -0.39 is 17.5 Å². The predicted molar refractivity (Wildman–Crippen MR) is 33.6 cm³/mol. The van der Waals surface area contributed by atoms with Gasteiger partial charge >= 0.3 is 6.18 Å². The standard InChI is InChI=1S/C6H5F3N2O/c1-11-3-4(2-10-11)5(12)6(7,8)9/h2-3H,1H3. The molecule has 0 aromatic carbocycles. The Kier molecular flexibility index (Phi) is 1.91. The molecule has 0 atom stereocenters. The Bertz CT molecular complexity index is 302.